The molecule has 0 saturated heterocycles. The summed E-state index contributed by atoms with van der Waals surface area (Å²) in [6.45, 7) is 1.32. The summed E-state index contributed by atoms with van der Waals surface area (Å²) in [5.41, 5.74) is 2.68. The van der Waals surface area contributed by atoms with Crippen molar-refractivity contribution < 1.29 is 52.7 Å². The van der Waals surface area contributed by atoms with Crippen molar-refractivity contribution >= 4 is 23.8 Å². The van der Waals surface area contributed by atoms with Gasteiger partial charge in [-0.15, -0.1) is 0 Å². The van der Waals surface area contributed by atoms with E-state index in [1.165, 1.54) is 19.1 Å². The molecule has 0 atom stereocenters. The predicted molar refractivity (Wildman–Crippen MR) is 144 cm³/mol. The van der Waals surface area contributed by atoms with E-state index in [1.807, 2.05) is 6.07 Å². The van der Waals surface area contributed by atoms with Crippen LogP contribution in [0.15, 0.2) is 18.2 Å². The number of carbonyl (C=O) groups is 4. The minimum absolute atomic E-state index is 0.0287. The highest BCUT2D eigenvalue weighted by molar-refractivity contribution is 5.82. The number of carboxylic acid groups (broad SMARTS) is 2. The molecular weight excluding hydrogens is 555 g/mol. The molecule has 0 bridgehead atoms. The molecule has 2 aromatic rings. The van der Waals surface area contributed by atoms with Crippen LogP contribution in [-0.2, 0) is 45.4 Å². The van der Waals surface area contributed by atoms with Crippen molar-refractivity contribution in [3.05, 3.63) is 46.3 Å². The molecule has 2 aliphatic rings. The smallest absolute Gasteiger partial charge is 0.303 e. The zero-order valence-corrected chi connectivity index (χ0v) is 23.4. The molecule has 42 heavy (non-hydrogen) atoms. The van der Waals surface area contributed by atoms with Gasteiger partial charge in [-0.05, 0) is 34.9 Å². The highest BCUT2D eigenvalue weighted by atomic mass is 19.1. The van der Waals surface area contributed by atoms with E-state index in [1.54, 1.807) is 17.0 Å². The van der Waals surface area contributed by atoms with E-state index in [-0.39, 0.29) is 75.3 Å². The first-order chi connectivity index (χ1) is 20.1. The van der Waals surface area contributed by atoms with Gasteiger partial charge in [-0.3, -0.25) is 19.2 Å². The van der Waals surface area contributed by atoms with Gasteiger partial charge in [-0.1, -0.05) is 0 Å². The second-order valence-corrected chi connectivity index (χ2v) is 9.97. The maximum atomic E-state index is 15.2. The number of methoxy groups -OCH3 is 2. The van der Waals surface area contributed by atoms with Gasteiger partial charge in [0.15, 0.2) is 28.8 Å². The summed E-state index contributed by atoms with van der Waals surface area (Å²) in [5.74, 6) is -2.20. The monoisotopic (exact) mass is 588 g/mol. The Morgan fingerprint density at radius 2 is 1.21 bits per heavy atom. The molecular formula is C29H33FN2O10. The summed E-state index contributed by atoms with van der Waals surface area (Å²) in [4.78, 5) is 49.3. The van der Waals surface area contributed by atoms with Gasteiger partial charge in [0.2, 0.25) is 11.8 Å². The van der Waals surface area contributed by atoms with Gasteiger partial charge < -0.3 is 39.0 Å². The lowest BCUT2D eigenvalue weighted by Gasteiger charge is -2.15. The summed E-state index contributed by atoms with van der Waals surface area (Å²) >= 11 is 0. The lowest BCUT2D eigenvalue weighted by molar-refractivity contribution is -0.141. The van der Waals surface area contributed by atoms with Crippen molar-refractivity contribution in [2.75, 3.05) is 27.4 Å². The molecule has 0 fully saturated rings. The molecule has 12 nitrogen and oxygen atoms in total. The van der Waals surface area contributed by atoms with Gasteiger partial charge in [0.05, 0.1) is 40.3 Å². The Balaban J connectivity index is 1.32. The average Bonchev–Trinajstić information content (AvgIpc) is 3.58. The zero-order chi connectivity index (χ0) is 30.4. The van der Waals surface area contributed by atoms with Crippen LogP contribution in [0.4, 0.5) is 4.39 Å². The van der Waals surface area contributed by atoms with Crippen LogP contribution in [0.25, 0.3) is 0 Å². The van der Waals surface area contributed by atoms with Crippen LogP contribution in [0.2, 0.25) is 0 Å². The number of halogens is 1. The van der Waals surface area contributed by atoms with E-state index in [2.05, 4.69) is 0 Å². The number of benzene rings is 2. The van der Waals surface area contributed by atoms with E-state index >= 15 is 4.39 Å². The Morgan fingerprint density at radius 3 is 1.76 bits per heavy atom. The van der Waals surface area contributed by atoms with Gasteiger partial charge in [-0.25, -0.2) is 4.39 Å². The van der Waals surface area contributed by atoms with Crippen LogP contribution in [0.3, 0.4) is 0 Å². The number of hydrogen-bond acceptors (Lipinski definition) is 8. The van der Waals surface area contributed by atoms with Gasteiger partial charge in [0.25, 0.3) is 0 Å². The Morgan fingerprint density at radius 1 is 0.714 bits per heavy atom. The van der Waals surface area contributed by atoms with Crippen LogP contribution in [0.5, 0.6) is 23.0 Å². The van der Waals surface area contributed by atoms with E-state index in [4.69, 9.17) is 29.2 Å². The molecule has 0 saturated carbocycles. The number of rotatable bonds is 14. The van der Waals surface area contributed by atoms with Gasteiger partial charge >= 0.3 is 11.9 Å². The highest BCUT2D eigenvalue weighted by Gasteiger charge is 2.30. The Kier molecular flexibility index (Phi) is 9.71. The van der Waals surface area contributed by atoms with E-state index in [0.29, 0.717) is 42.1 Å². The summed E-state index contributed by atoms with van der Waals surface area (Å²) in [6.07, 6.45) is -0.308. The van der Waals surface area contributed by atoms with Crippen LogP contribution >= 0.6 is 0 Å². The molecule has 13 heteroatoms. The number of ether oxygens (including phenoxy) is 4. The number of aliphatic carboxylic acids is 2. The third-order valence-corrected chi connectivity index (χ3v) is 7.12. The maximum Gasteiger partial charge on any atom is 0.303 e. The first kappa shape index (κ1) is 30.4. The van der Waals surface area contributed by atoms with Gasteiger partial charge in [-0.2, -0.15) is 0 Å². The molecule has 0 aliphatic carbocycles. The van der Waals surface area contributed by atoms with Crippen LogP contribution in [0, 0.1) is 5.82 Å². The van der Waals surface area contributed by atoms with Crippen LogP contribution < -0.4 is 18.9 Å². The van der Waals surface area contributed by atoms with Crippen molar-refractivity contribution in [3.8, 4) is 23.0 Å². The van der Waals surface area contributed by atoms with E-state index < -0.39 is 17.8 Å². The SMILES string of the molecule is COc1cc2c(cc1OCCCOc1cc3c(c(F)c1OC)CN(C(=O)CCC(=O)O)C3)CN(C(=O)CCC(=O)O)C2. The molecule has 0 radical (unpaired) electrons. The van der Waals surface area contributed by atoms with Crippen molar-refractivity contribution in [2.24, 2.45) is 0 Å². The average molecular weight is 589 g/mol. The first-order valence-corrected chi connectivity index (χ1v) is 13.4. The van der Waals surface area contributed by atoms with Crippen LogP contribution in [0.1, 0.15) is 54.4 Å². The lowest BCUT2D eigenvalue weighted by atomic mass is 10.1. The molecule has 0 aromatic heterocycles. The first-order valence-electron chi connectivity index (χ1n) is 13.4. The highest BCUT2D eigenvalue weighted by Crippen LogP contribution is 2.39. The number of carboxylic acids is 2. The fourth-order valence-electron chi connectivity index (χ4n) is 4.96. The van der Waals surface area contributed by atoms with Crippen molar-refractivity contribution in [3.63, 3.8) is 0 Å². The third kappa shape index (κ3) is 7.01. The standard InChI is InChI=1S/C29H33FN2O10/c1-39-21-10-17-13-31(24(33)4-6-26(35)36)14-18(17)11-22(21)41-8-3-9-42-23-12-19-15-32(25(34)5-7-27(37)38)16-20(19)28(30)29(23)40-2/h10-12H,3-9,13-16H2,1-2H3,(H,35,36)(H,37,38). The van der Waals surface area contributed by atoms with Gasteiger partial charge in [0.1, 0.15) is 0 Å². The molecule has 0 unspecified atom stereocenters. The van der Waals surface area contributed by atoms with E-state index in [9.17, 15) is 19.2 Å². The molecule has 2 aromatic carbocycles. The van der Waals surface area contributed by atoms with Crippen molar-refractivity contribution in [1.82, 2.24) is 9.80 Å². The number of nitrogens with zero attached hydrogens (tertiary/aromatic N) is 2. The zero-order valence-electron chi connectivity index (χ0n) is 23.4. The topological polar surface area (TPSA) is 152 Å². The molecule has 0 spiro atoms. The molecule has 2 aliphatic heterocycles. The number of fused-ring (bicyclic) bond motifs is 2. The lowest BCUT2D eigenvalue weighted by Crippen LogP contribution is -2.25. The maximum absolute atomic E-state index is 15.2. The van der Waals surface area contributed by atoms with Crippen molar-refractivity contribution in [2.45, 2.75) is 58.3 Å². The number of hydrogen-bond donors (Lipinski definition) is 2. The Hall–Kier alpha value is -4.55. The molecule has 2 heterocycles. The number of amides is 2. The Bertz CT molecular complexity index is 1380. The summed E-state index contributed by atoms with van der Waals surface area (Å²) in [6, 6.07) is 5.25. The fraction of sp³-hybridized carbons (Fsp3) is 0.448. The second-order valence-electron chi connectivity index (χ2n) is 9.97. The molecule has 2 N–H and O–H groups in total. The summed E-state index contributed by atoms with van der Waals surface area (Å²) < 4.78 is 37.6. The quantitative estimate of drug-likeness (QED) is 0.315. The largest absolute Gasteiger partial charge is 0.493 e. The second kappa shape index (κ2) is 13.4. The summed E-state index contributed by atoms with van der Waals surface area (Å²) in [5, 5.41) is 17.7. The minimum Gasteiger partial charge on any atom is -0.493 e. The Labute approximate surface area is 241 Å². The predicted octanol–water partition coefficient (Wildman–Crippen LogP) is 3.10. The molecule has 226 valence electrons. The molecule has 2 amide bonds. The number of carbonyl (C=O) groups excluding carboxylic acids is 2. The summed E-state index contributed by atoms with van der Waals surface area (Å²) in [7, 11) is 2.84. The van der Waals surface area contributed by atoms with E-state index in [0.717, 1.165) is 11.1 Å². The fourth-order valence-corrected chi connectivity index (χ4v) is 4.96. The molecule has 4 rings (SSSR count). The van der Waals surface area contributed by atoms with Gasteiger partial charge in [0, 0.05) is 51.0 Å². The minimum atomic E-state index is -1.07. The van der Waals surface area contributed by atoms with Crippen molar-refractivity contribution in [1.29, 1.82) is 0 Å². The third-order valence-electron chi connectivity index (χ3n) is 7.12. The normalized spacial score (nSPS) is 13.4. The van der Waals surface area contributed by atoms with Crippen LogP contribution in [-0.4, -0.2) is 71.2 Å².